The molecular weight excluding hydrogens is 254 g/mol. The average molecular weight is 264 g/mol. The number of aliphatic hydroxyl groups is 1. The van der Waals surface area contributed by atoms with Crippen LogP contribution < -0.4 is 5.32 Å². The molecule has 0 unspecified atom stereocenters. The lowest BCUT2D eigenvalue weighted by Gasteiger charge is -2.06. The van der Waals surface area contributed by atoms with E-state index in [-0.39, 0.29) is 18.0 Å². The quantitative estimate of drug-likeness (QED) is 0.892. The number of benzene rings is 1. The van der Waals surface area contributed by atoms with Crippen LogP contribution >= 0.6 is 0 Å². The van der Waals surface area contributed by atoms with Crippen LogP contribution in [-0.4, -0.2) is 16.0 Å². The molecule has 2 N–H and O–H groups in total. The first kappa shape index (κ1) is 13.1. The van der Waals surface area contributed by atoms with Gasteiger partial charge in [0.05, 0.1) is 12.3 Å². The number of nitrogens with one attached hydrogen (secondary N) is 1. The van der Waals surface area contributed by atoms with Crippen molar-refractivity contribution in [2.45, 2.75) is 6.61 Å². The summed E-state index contributed by atoms with van der Waals surface area (Å²) in [6.45, 7) is -0.255. The van der Waals surface area contributed by atoms with Crippen LogP contribution in [0.4, 0.5) is 14.6 Å². The van der Waals surface area contributed by atoms with E-state index in [4.69, 9.17) is 5.11 Å². The van der Waals surface area contributed by atoms with Crippen molar-refractivity contribution in [2.75, 3.05) is 5.32 Å². The Kier molecular flexibility index (Phi) is 3.82. The van der Waals surface area contributed by atoms with Crippen molar-refractivity contribution in [2.24, 2.45) is 0 Å². The first-order valence-corrected chi connectivity index (χ1v) is 5.43. The molecule has 4 nitrogen and oxygen atoms in total. The molecule has 19 heavy (non-hydrogen) atoms. The van der Waals surface area contributed by atoms with E-state index in [1.165, 1.54) is 12.1 Å². The fourth-order valence-electron chi connectivity index (χ4n) is 1.46. The number of aliphatic hydroxyl groups excluding tert-OH is 1. The number of anilines is 1. The van der Waals surface area contributed by atoms with Gasteiger partial charge in [0.2, 0.25) is 0 Å². The number of rotatable bonds is 3. The van der Waals surface area contributed by atoms with Crippen LogP contribution in [0.2, 0.25) is 0 Å². The number of hydrogen-bond donors (Lipinski definition) is 2. The van der Waals surface area contributed by atoms with E-state index < -0.39 is 17.5 Å². The lowest BCUT2D eigenvalue weighted by molar-refractivity contribution is 0.102. The van der Waals surface area contributed by atoms with E-state index in [0.29, 0.717) is 5.69 Å². The first-order valence-electron chi connectivity index (χ1n) is 5.43. The predicted octanol–water partition coefficient (Wildman–Crippen LogP) is 2.10. The van der Waals surface area contributed by atoms with Gasteiger partial charge < -0.3 is 10.4 Å². The van der Waals surface area contributed by atoms with Gasteiger partial charge >= 0.3 is 0 Å². The third-order valence-electron chi connectivity index (χ3n) is 2.39. The van der Waals surface area contributed by atoms with Gasteiger partial charge in [-0.3, -0.25) is 4.79 Å². The molecule has 0 radical (unpaired) electrons. The summed E-state index contributed by atoms with van der Waals surface area (Å²) < 4.78 is 25.7. The minimum absolute atomic E-state index is 0.0184. The minimum atomic E-state index is -1.09. The second kappa shape index (κ2) is 5.53. The first-order chi connectivity index (χ1) is 9.10. The zero-order valence-electron chi connectivity index (χ0n) is 9.73. The Morgan fingerprint density at radius 3 is 2.68 bits per heavy atom. The molecule has 2 rings (SSSR count). The standard InChI is InChI=1S/C13H10F2N2O2/c14-10-5-4-8(6-11(10)15)13(19)17-12-3-1-2-9(7-18)16-12/h1-6,18H,7H2,(H,16,17,19). The highest BCUT2D eigenvalue weighted by atomic mass is 19.2. The summed E-state index contributed by atoms with van der Waals surface area (Å²) in [5, 5.41) is 11.3. The number of nitrogens with zero attached hydrogens (tertiary/aromatic N) is 1. The van der Waals surface area contributed by atoms with Crippen molar-refractivity contribution in [3.05, 3.63) is 59.3 Å². The predicted molar refractivity (Wildman–Crippen MR) is 64.5 cm³/mol. The van der Waals surface area contributed by atoms with Gasteiger partial charge in [0.1, 0.15) is 5.82 Å². The molecule has 1 aromatic heterocycles. The van der Waals surface area contributed by atoms with Crippen LogP contribution in [0, 0.1) is 11.6 Å². The van der Waals surface area contributed by atoms with Crippen molar-refractivity contribution in [3.8, 4) is 0 Å². The summed E-state index contributed by atoms with van der Waals surface area (Å²) in [6, 6.07) is 7.58. The van der Waals surface area contributed by atoms with Crippen LogP contribution in [0.1, 0.15) is 16.1 Å². The van der Waals surface area contributed by atoms with Crippen molar-refractivity contribution >= 4 is 11.7 Å². The molecule has 2 aromatic rings. The molecule has 0 aliphatic heterocycles. The lowest BCUT2D eigenvalue weighted by Crippen LogP contribution is -2.13. The number of halogens is 2. The fraction of sp³-hybridized carbons (Fsp3) is 0.0769. The maximum Gasteiger partial charge on any atom is 0.256 e. The van der Waals surface area contributed by atoms with E-state index in [0.717, 1.165) is 12.1 Å². The van der Waals surface area contributed by atoms with Crippen LogP contribution in [0.15, 0.2) is 36.4 Å². The second-order valence-electron chi connectivity index (χ2n) is 3.76. The van der Waals surface area contributed by atoms with Crippen LogP contribution in [0.3, 0.4) is 0 Å². The molecule has 1 heterocycles. The molecule has 0 fully saturated rings. The number of hydrogen-bond acceptors (Lipinski definition) is 3. The Morgan fingerprint density at radius 2 is 2.00 bits per heavy atom. The minimum Gasteiger partial charge on any atom is -0.390 e. The number of carbonyl (C=O) groups is 1. The third kappa shape index (κ3) is 3.11. The topological polar surface area (TPSA) is 62.2 Å². The van der Waals surface area contributed by atoms with Crippen LogP contribution in [0.25, 0.3) is 0 Å². The molecule has 98 valence electrons. The van der Waals surface area contributed by atoms with E-state index in [2.05, 4.69) is 10.3 Å². The van der Waals surface area contributed by atoms with Gasteiger partial charge in [0, 0.05) is 5.56 Å². The summed E-state index contributed by atoms with van der Waals surface area (Å²) in [5.41, 5.74) is 0.373. The van der Waals surface area contributed by atoms with Gasteiger partial charge in [-0.2, -0.15) is 0 Å². The van der Waals surface area contributed by atoms with Crippen molar-refractivity contribution in [1.29, 1.82) is 0 Å². The molecule has 0 aliphatic carbocycles. The number of pyridine rings is 1. The zero-order chi connectivity index (χ0) is 13.8. The summed E-state index contributed by atoms with van der Waals surface area (Å²) in [4.78, 5) is 15.7. The molecular formula is C13H10F2N2O2. The molecule has 1 amide bonds. The van der Waals surface area contributed by atoms with Crippen molar-refractivity contribution in [3.63, 3.8) is 0 Å². The molecule has 6 heteroatoms. The summed E-state index contributed by atoms with van der Waals surface area (Å²) in [5.74, 6) is -2.50. The molecule has 0 aliphatic rings. The maximum atomic E-state index is 13.0. The molecule has 1 aromatic carbocycles. The highest BCUT2D eigenvalue weighted by molar-refractivity contribution is 6.03. The summed E-state index contributed by atoms with van der Waals surface area (Å²) in [7, 11) is 0. The Balaban J connectivity index is 2.18. The SMILES string of the molecule is O=C(Nc1cccc(CO)n1)c1ccc(F)c(F)c1. The Hall–Kier alpha value is -2.34. The lowest BCUT2D eigenvalue weighted by atomic mass is 10.2. The van der Waals surface area contributed by atoms with Gasteiger partial charge in [-0.05, 0) is 30.3 Å². The molecule has 0 spiro atoms. The Bertz CT molecular complexity index is 617. The number of amides is 1. The van der Waals surface area contributed by atoms with Gasteiger partial charge in [-0.25, -0.2) is 13.8 Å². The maximum absolute atomic E-state index is 13.0. The van der Waals surface area contributed by atoms with E-state index in [9.17, 15) is 13.6 Å². The van der Waals surface area contributed by atoms with Crippen LogP contribution in [-0.2, 0) is 6.61 Å². The summed E-state index contributed by atoms with van der Waals surface area (Å²) >= 11 is 0. The largest absolute Gasteiger partial charge is 0.390 e. The van der Waals surface area contributed by atoms with Crippen LogP contribution in [0.5, 0.6) is 0 Å². The van der Waals surface area contributed by atoms with Crippen molar-refractivity contribution < 1.29 is 18.7 Å². The second-order valence-corrected chi connectivity index (χ2v) is 3.76. The van der Waals surface area contributed by atoms with E-state index >= 15 is 0 Å². The van der Waals surface area contributed by atoms with Gasteiger partial charge in [0.25, 0.3) is 5.91 Å². The van der Waals surface area contributed by atoms with E-state index in [1.807, 2.05) is 0 Å². The third-order valence-corrected chi connectivity index (χ3v) is 2.39. The normalized spacial score (nSPS) is 10.3. The molecule has 0 saturated carbocycles. The average Bonchev–Trinajstić information content (AvgIpc) is 2.42. The fourth-order valence-corrected chi connectivity index (χ4v) is 1.46. The highest BCUT2D eigenvalue weighted by Crippen LogP contribution is 2.11. The highest BCUT2D eigenvalue weighted by Gasteiger charge is 2.10. The van der Waals surface area contributed by atoms with Gasteiger partial charge in [-0.15, -0.1) is 0 Å². The van der Waals surface area contributed by atoms with Gasteiger partial charge in [0.15, 0.2) is 11.6 Å². The summed E-state index contributed by atoms with van der Waals surface area (Å²) in [6.07, 6.45) is 0. The number of carbonyl (C=O) groups excluding carboxylic acids is 1. The molecule has 0 bridgehead atoms. The molecule has 0 saturated heterocycles. The Morgan fingerprint density at radius 1 is 1.21 bits per heavy atom. The number of aromatic nitrogens is 1. The zero-order valence-corrected chi connectivity index (χ0v) is 9.73. The monoisotopic (exact) mass is 264 g/mol. The molecule has 0 atom stereocenters. The smallest absolute Gasteiger partial charge is 0.256 e. The van der Waals surface area contributed by atoms with Crippen molar-refractivity contribution in [1.82, 2.24) is 4.98 Å². The van der Waals surface area contributed by atoms with E-state index in [1.54, 1.807) is 12.1 Å². The Labute approximate surface area is 107 Å². The van der Waals surface area contributed by atoms with Gasteiger partial charge in [-0.1, -0.05) is 6.07 Å².